The Balaban J connectivity index is 1.80. The molecule has 0 aliphatic heterocycles. The van der Waals surface area contributed by atoms with Gasteiger partial charge in [0.05, 0.1) is 9.20 Å². The number of alkyl halides is 2. The van der Waals surface area contributed by atoms with Crippen LogP contribution in [0.5, 0.6) is 5.75 Å². The number of hydrogen-bond acceptors (Lipinski definition) is 4. The monoisotopic (exact) mass is 443 g/mol. The van der Waals surface area contributed by atoms with E-state index in [1.807, 2.05) is 12.1 Å². The molecular formula is C24H23F2NO3S. The van der Waals surface area contributed by atoms with Gasteiger partial charge in [0.1, 0.15) is 12.4 Å². The van der Waals surface area contributed by atoms with Crippen LogP contribution in [-0.2, 0) is 5.41 Å². The third kappa shape index (κ3) is 6.21. The van der Waals surface area contributed by atoms with Gasteiger partial charge in [0.15, 0.2) is 5.78 Å². The Labute approximate surface area is 182 Å². The van der Waals surface area contributed by atoms with Gasteiger partial charge in [-0.05, 0) is 34.8 Å². The topological polar surface area (TPSA) is 59.2 Å². The van der Waals surface area contributed by atoms with E-state index >= 15 is 0 Å². The fourth-order valence-electron chi connectivity index (χ4n) is 2.83. The summed E-state index contributed by atoms with van der Waals surface area (Å²) in [6.45, 7) is 5.65. The summed E-state index contributed by atoms with van der Waals surface area (Å²) in [6, 6.07) is 13.9. The highest BCUT2D eigenvalue weighted by atomic mass is 32.1. The maximum Gasteiger partial charge on any atom is 0.272 e. The number of halogens is 2. The van der Waals surface area contributed by atoms with Crippen LogP contribution < -0.4 is 19.5 Å². The van der Waals surface area contributed by atoms with Crippen molar-refractivity contribution >= 4 is 29.3 Å². The van der Waals surface area contributed by atoms with Crippen LogP contribution in [0.4, 0.5) is 8.78 Å². The quantitative estimate of drug-likeness (QED) is 0.589. The molecule has 2 aromatic carbocycles. The Morgan fingerprint density at radius 2 is 1.74 bits per heavy atom. The molecule has 0 atom stereocenters. The number of carbonyl (C=O) groups is 1. The first-order valence-electron chi connectivity index (χ1n) is 9.70. The van der Waals surface area contributed by atoms with E-state index in [0.717, 1.165) is 5.56 Å². The van der Waals surface area contributed by atoms with E-state index in [-0.39, 0.29) is 16.8 Å². The molecule has 0 unspecified atom stereocenters. The van der Waals surface area contributed by atoms with E-state index in [2.05, 4.69) is 25.8 Å². The maximum absolute atomic E-state index is 12.6. The van der Waals surface area contributed by atoms with Gasteiger partial charge in [-0.3, -0.25) is 9.59 Å². The summed E-state index contributed by atoms with van der Waals surface area (Å²) >= 11 is 1.17. The molecule has 1 heterocycles. The van der Waals surface area contributed by atoms with Crippen molar-refractivity contribution in [2.75, 3.05) is 6.61 Å². The number of ether oxygens (including phenoxy) is 1. The molecule has 3 rings (SSSR count). The molecule has 0 fully saturated rings. The van der Waals surface area contributed by atoms with Crippen molar-refractivity contribution in [2.45, 2.75) is 32.6 Å². The predicted octanol–water partition coefficient (Wildman–Crippen LogP) is 3.87. The van der Waals surface area contributed by atoms with E-state index in [9.17, 15) is 18.4 Å². The first-order valence-corrected chi connectivity index (χ1v) is 10.5. The fourth-order valence-corrected chi connectivity index (χ4v) is 3.72. The average molecular weight is 444 g/mol. The van der Waals surface area contributed by atoms with Crippen molar-refractivity contribution in [3.8, 4) is 5.75 Å². The predicted molar refractivity (Wildman–Crippen MR) is 120 cm³/mol. The van der Waals surface area contributed by atoms with Crippen molar-refractivity contribution in [1.82, 2.24) is 4.98 Å². The van der Waals surface area contributed by atoms with Gasteiger partial charge in [0, 0.05) is 11.6 Å². The largest absolute Gasteiger partial charge is 0.488 e. The van der Waals surface area contributed by atoms with Gasteiger partial charge in [-0.25, -0.2) is 8.78 Å². The summed E-state index contributed by atoms with van der Waals surface area (Å²) in [4.78, 5) is 27.5. The molecule has 0 spiro atoms. The van der Waals surface area contributed by atoms with Crippen LogP contribution in [0.1, 0.15) is 42.3 Å². The van der Waals surface area contributed by atoms with Crippen LogP contribution in [0.15, 0.2) is 53.3 Å². The molecule has 0 amide bonds. The minimum Gasteiger partial charge on any atom is -0.488 e. The molecule has 31 heavy (non-hydrogen) atoms. The minimum absolute atomic E-state index is 0.00224. The fraction of sp³-hybridized carbons (Fsp3) is 0.250. The van der Waals surface area contributed by atoms with Crippen molar-refractivity contribution in [3.63, 3.8) is 0 Å². The Kier molecular flexibility index (Phi) is 6.85. The first-order chi connectivity index (χ1) is 14.6. The molecule has 1 aromatic heterocycles. The highest BCUT2D eigenvalue weighted by Crippen LogP contribution is 2.22. The summed E-state index contributed by atoms with van der Waals surface area (Å²) < 4.78 is 30.2. The van der Waals surface area contributed by atoms with Crippen molar-refractivity contribution < 1.29 is 18.3 Å². The van der Waals surface area contributed by atoms with E-state index in [1.165, 1.54) is 17.4 Å². The smallest absolute Gasteiger partial charge is 0.272 e. The van der Waals surface area contributed by atoms with E-state index in [0.29, 0.717) is 26.1 Å². The van der Waals surface area contributed by atoms with Crippen LogP contribution in [0.3, 0.4) is 0 Å². The van der Waals surface area contributed by atoms with Gasteiger partial charge in [-0.2, -0.15) is 0 Å². The molecule has 7 heteroatoms. The zero-order valence-electron chi connectivity index (χ0n) is 17.4. The Hall–Kier alpha value is -3.06. The van der Waals surface area contributed by atoms with Crippen LogP contribution in [-0.4, -0.2) is 23.8 Å². The van der Waals surface area contributed by atoms with Crippen molar-refractivity contribution in [1.29, 1.82) is 0 Å². The summed E-state index contributed by atoms with van der Waals surface area (Å²) in [7, 11) is 0. The average Bonchev–Trinajstić information content (AvgIpc) is 3.05. The second-order valence-corrected chi connectivity index (χ2v) is 9.12. The molecule has 1 N–H and O–H groups in total. The van der Waals surface area contributed by atoms with Gasteiger partial charge in [0.2, 0.25) is 0 Å². The van der Waals surface area contributed by atoms with Crippen LogP contribution in [0, 0.1) is 0 Å². The molecule has 0 aliphatic rings. The lowest BCUT2D eigenvalue weighted by Gasteiger charge is -2.18. The lowest BCUT2D eigenvalue weighted by molar-refractivity contribution is 0.0819. The standard InChI is InChI=1S/C24H23F2NO3S/c1-24(2,3)17-8-6-16(7-9-17)19(28)13-22-27-23(29)20(31-22)12-15-4-10-18(11-5-15)30-14-21(25)26/h4-13,21H,14H2,1-3H3,(H,27,29)/b20-12-,22-13-. The number of H-pyrrole nitrogens is 1. The van der Waals surface area contributed by atoms with Crippen molar-refractivity contribution in [3.05, 3.63) is 84.8 Å². The summed E-state index contributed by atoms with van der Waals surface area (Å²) in [5.74, 6) is 0.139. The number of nitrogens with one attached hydrogen (secondary N) is 1. The molecule has 0 bridgehead atoms. The molecule has 0 aliphatic carbocycles. The third-order valence-corrected chi connectivity index (χ3v) is 5.49. The number of aromatic amines is 1. The molecule has 4 nitrogen and oxygen atoms in total. The van der Waals surface area contributed by atoms with Gasteiger partial charge in [0.25, 0.3) is 12.0 Å². The number of thiazole rings is 1. The number of ketones is 1. The van der Waals surface area contributed by atoms with E-state index in [4.69, 9.17) is 4.74 Å². The Morgan fingerprint density at radius 1 is 1.10 bits per heavy atom. The second-order valence-electron chi connectivity index (χ2n) is 8.04. The van der Waals surface area contributed by atoms with Crippen LogP contribution in [0.25, 0.3) is 12.2 Å². The summed E-state index contributed by atoms with van der Waals surface area (Å²) in [6.07, 6.45) is 0.543. The highest BCUT2D eigenvalue weighted by Gasteiger charge is 2.13. The van der Waals surface area contributed by atoms with E-state index < -0.39 is 13.0 Å². The van der Waals surface area contributed by atoms with Crippen LogP contribution >= 0.6 is 11.3 Å². The first kappa shape index (κ1) is 22.6. The number of benzene rings is 2. The van der Waals surface area contributed by atoms with Gasteiger partial charge in [-0.1, -0.05) is 57.2 Å². The Morgan fingerprint density at radius 3 is 2.32 bits per heavy atom. The molecule has 0 saturated heterocycles. The SMILES string of the molecule is CC(C)(C)c1ccc(C(=O)/C=c2/[nH]c(=O)/c(=C/c3ccc(OCC(F)F)cc3)s2)cc1. The Bertz CT molecular complexity index is 1220. The lowest BCUT2D eigenvalue weighted by Crippen LogP contribution is -2.20. The zero-order chi connectivity index (χ0) is 22.6. The zero-order valence-corrected chi connectivity index (χ0v) is 18.3. The van der Waals surface area contributed by atoms with Crippen molar-refractivity contribution in [2.24, 2.45) is 0 Å². The molecule has 0 saturated carbocycles. The molecule has 0 radical (unpaired) electrons. The third-order valence-electron chi connectivity index (χ3n) is 4.53. The van der Waals surface area contributed by atoms with Gasteiger partial charge in [-0.15, -0.1) is 11.3 Å². The summed E-state index contributed by atoms with van der Waals surface area (Å²) in [5.41, 5.74) is 2.10. The van der Waals surface area contributed by atoms with Gasteiger partial charge < -0.3 is 9.72 Å². The minimum atomic E-state index is -2.54. The maximum atomic E-state index is 12.6. The number of rotatable bonds is 6. The molecular weight excluding hydrogens is 420 g/mol. The highest BCUT2D eigenvalue weighted by molar-refractivity contribution is 7.07. The van der Waals surface area contributed by atoms with Gasteiger partial charge >= 0.3 is 0 Å². The second kappa shape index (κ2) is 9.39. The lowest BCUT2D eigenvalue weighted by atomic mass is 9.86. The number of Topliss-reactive ketones (excluding diaryl/α,β-unsaturated/α-hetero) is 1. The number of hydrogen-bond donors (Lipinski definition) is 1. The normalized spacial score (nSPS) is 13.1. The number of carbonyl (C=O) groups excluding carboxylic acids is 1. The van der Waals surface area contributed by atoms with E-state index in [1.54, 1.807) is 42.5 Å². The molecule has 3 aromatic rings. The van der Waals surface area contributed by atoms with Crippen LogP contribution in [0.2, 0.25) is 0 Å². The summed E-state index contributed by atoms with van der Waals surface area (Å²) in [5, 5.41) is 0. The number of aromatic nitrogens is 1. The molecule has 162 valence electrons.